The molecule has 148 valence electrons. The van der Waals surface area contributed by atoms with Crippen molar-refractivity contribution in [3.05, 3.63) is 35.4 Å². The van der Waals surface area contributed by atoms with Crippen LogP contribution >= 0.6 is 0 Å². The van der Waals surface area contributed by atoms with Gasteiger partial charge in [-0.05, 0) is 25.3 Å². The second-order valence-corrected chi connectivity index (χ2v) is 8.30. The van der Waals surface area contributed by atoms with Gasteiger partial charge in [-0.2, -0.15) is 0 Å². The van der Waals surface area contributed by atoms with E-state index in [2.05, 4.69) is 41.4 Å². The summed E-state index contributed by atoms with van der Waals surface area (Å²) in [6.45, 7) is 5.08. The molecule has 3 aliphatic rings. The molecule has 5 heteroatoms. The van der Waals surface area contributed by atoms with Crippen LogP contribution in [0.1, 0.15) is 62.1 Å². The number of rotatable bonds is 4. The zero-order valence-electron chi connectivity index (χ0n) is 16.4. The van der Waals surface area contributed by atoms with Gasteiger partial charge in [-0.1, -0.05) is 49.1 Å². The standard InChI is InChI=1S/C22H32N2O3/c1-17-7-9-18(10-8-17)20(21(25)23-19-5-3-2-4-6-19)24-13-11-22(12-14-24)26-15-16-27-22/h7-10,19-20H,2-6,11-16H2,1H3,(H,23,25)/t20-/m0/s1. The maximum absolute atomic E-state index is 13.3. The van der Waals surface area contributed by atoms with Crippen LogP contribution in [0, 0.1) is 6.92 Å². The molecule has 2 saturated heterocycles. The van der Waals surface area contributed by atoms with Crippen LogP contribution in [-0.4, -0.2) is 48.9 Å². The molecule has 1 saturated carbocycles. The summed E-state index contributed by atoms with van der Waals surface area (Å²) in [6, 6.07) is 8.51. The van der Waals surface area contributed by atoms with Crippen LogP contribution in [0.3, 0.4) is 0 Å². The molecule has 1 aromatic rings. The highest BCUT2D eigenvalue weighted by Gasteiger charge is 2.42. The fourth-order valence-electron chi connectivity index (χ4n) is 4.71. The van der Waals surface area contributed by atoms with E-state index in [1.54, 1.807) is 0 Å². The van der Waals surface area contributed by atoms with Gasteiger partial charge in [0.25, 0.3) is 0 Å². The number of carbonyl (C=O) groups is 1. The minimum absolute atomic E-state index is 0.148. The molecule has 3 fully saturated rings. The zero-order valence-corrected chi connectivity index (χ0v) is 16.4. The number of hydrogen-bond donors (Lipinski definition) is 1. The van der Waals surface area contributed by atoms with Gasteiger partial charge < -0.3 is 14.8 Å². The lowest BCUT2D eigenvalue weighted by atomic mass is 9.94. The third-order valence-corrected chi connectivity index (χ3v) is 6.33. The van der Waals surface area contributed by atoms with Crippen molar-refractivity contribution in [2.24, 2.45) is 0 Å². The SMILES string of the molecule is Cc1ccc([C@@H](C(=O)NC2CCCCC2)N2CCC3(CC2)OCCO3)cc1. The maximum atomic E-state index is 13.3. The molecule has 1 N–H and O–H groups in total. The Balaban J connectivity index is 1.49. The Morgan fingerprint density at radius 1 is 1.07 bits per heavy atom. The quantitative estimate of drug-likeness (QED) is 0.881. The number of nitrogens with zero attached hydrogens (tertiary/aromatic N) is 1. The molecule has 0 radical (unpaired) electrons. The Morgan fingerprint density at radius 2 is 1.70 bits per heavy atom. The van der Waals surface area contributed by atoms with Crippen molar-refractivity contribution < 1.29 is 14.3 Å². The van der Waals surface area contributed by atoms with E-state index in [0.717, 1.165) is 44.3 Å². The summed E-state index contributed by atoms with van der Waals surface area (Å²) < 4.78 is 11.7. The van der Waals surface area contributed by atoms with Crippen molar-refractivity contribution in [2.75, 3.05) is 26.3 Å². The molecule has 2 heterocycles. The molecule has 2 aliphatic heterocycles. The highest BCUT2D eigenvalue weighted by atomic mass is 16.7. The minimum atomic E-state index is -0.409. The number of amides is 1. The number of likely N-dealkylation sites (tertiary alicyclic amines) is 1. The van der Waals surface area contributed by atoms with Gasteiger partial charge in [0.05, 0.1) is 13.2 Å². The van der Waals surface area contributed by atoms with Crippen molar-refractivity contribution in [3.8, 4) is 0 Å². The zero-order chi connectivity index (χ0) is 18.7. The molecule has 1 aliphatic carbocycles. The largest absolute Gasteiger partial charge is 0.352 e. The van der Waals surface area contributed by atoms with E-state index in [4.69, 9.17) is 9.47 Å². The van der Waals surface area contributed by atoms with Crippen molar-refractivity contribution in [1.29, 1.82) is 0 Å². The summed E-state index contributed by atoms with van der Waals surface area (Å²) >= 11 is 0. The van der Waals surface area contributed by atoms with Gasteiger partial charge in [-0.25, -0.2) is 0 Å². The Hall–Kier alpha value is -1.43. The van der Waals surface area contributed by atoms with Gasteiger partial charge in [0, 0.05) is 32.0 Å². The van der Waals surface area contributed by atoms with Gasteiger partial charge >= 0.3 is 0 Å². The van der Waals surface area contributed by atoms with Crippen molar-refractivity contribution in [1.82, 2.24) is 10.2 Å². The maximum Gasteiger partial charge on any atom is 0.242 e. The second-order valence-electron chi connectivity index (χ2n) is 8.30. The Kier molecular flexibility index (Phi) is 5.81. The first-order chi connectivity index (χ1) is 13.2. The van der Waals surface area contributed by atoms with E-state index in [0.29, 0.717) is 19.3 Å². The predicted molar refractivity (Wildman–Crippen MR) is 104 cm³/mol. The molecule has 1 spiro atoms. The molecular weight excluding hydrogens is 340 g/mol. The summed E-state index contributed by atoms with van der Waals surface area (Å²) in [6.07, 6.45) is 7.61. The van der Waals surface area contributed by atoms with Crippen LogP contribution in [0.25, 0.3) is 0 Å². The Morgan fingerprint density at radius 3 is 2.33 bits per heavy atom. The first kappa shape index (κ1) is 18.9. The third kappa shape index (κ3) is 4.36. The summed E-state index contributed by atoms with van der Waals surface area (Å²) in [4.78, 5) is 15.6. The second kappa shape index (κ2) is 8.29. The Labute approximate surface area is 162 Å². The van der Waals surface area contributed by atoms with Crippen LogP contribution in [0.15, 0.2) is 24.3 Å². The van der Waals surface area contributed by atoms with Crippen LogP contribution < -0.4 is 5.32 Å². The fraction of sp³-hybridized carbons (Fsp3) is 0.682. The first-order valence-electron chi connectivity index (χ1n) is 10.5. The number of piperidine rings is 1. The lowest BCUT2D eigenvalue weighted by Gasteiger charge is -2.41. The van der Waals surface area contributed by atoms with E-state index < -0.39 is 5.79 Å². The number of carbonyl (C=O) groups excluding carboxylic acids is 1. The average Bonchev–Trinajstić information content (AvgIpc) is 3.14. The topological polar surface area (TPSA) is 50.8 Å². The highest BCUT2D eigenvalue weighted by molar-refractivity contribution is 5.83. The molecule has 4 rings (SSSR count). The highest BCUT2D eigenvalue weighted by Crippen LogP contribution is 2.35. The van der Waals surface area contributed by atoms with Crippen molar-refractivity contribution in [2.45, 2.75) is 69.7 Å². The monoisotopic (exact) mass is 372 g/mol. The molecule has 1 aromatic carbocycles. The molecule has 27 heavy (non-hydrogen) atoms. The summed E-state index contributed by atoms with van der Waals surface area (Å²) in [5.41, 5.74) is 2.30. The van der Waals surface area contributed by atoms with Crippen LogP contribution in [-0.2, 0) is 14.3 Å². The summed E-state index contributed by atoms with van der Waals surface area (Å²) in [5, 5.41) is 3.35. The number of nitrogens with one attached hydrogen (secondary N) is 1. The lowest BCUT2D eigenvalue weighted by molar-refractivity contribution is -0.189. The summed E-state index contributed by atoms with van der Waals surface area (Å²) in [5.74, 6) is -0.260. The average molecular weight is 373 g/mol. The van der Waals surface area contributed by atoms with Gasteiger partial charge in [0.1, 0.15) is 6.04 Å². The Bertz CT molecular complexity index is 623. The van der Waals surface area contributed by atoms with E-state index in [1.165, 1.54) is 24.8 Å². The van der Waals surface area contributed by atoms with Gasteiger partial charge in [0.2, 0.25) is 5.91 Å². The summed E-state index contributed by atoms with van der Waals surface area (Å²) in [7, 11) is 0. The molecule has 5 nitrogen and oxygen atoms in total. The smallest absolute Gasteiger partial charge is 0.242 e. The minimum Gasteiger partial charge on any atom is -0.352 e. The number of ether oxygens (including phenoxy) is 2. The van der Waals surface area contributed by atoms with Gasteiger partial charge in [-0.3, -0.25) is 9.69 Å². The van der Waals surface area contributed by atoms with Crippen LogP contribution in [0.2, 0.25) is 0 Å². The fourth-order valence-corrected chi connectivity index (χ4v) is 4.71. The van der Waals surface area contributed by atoms with E-state index in [-0.39, 0.29) is 11.9 Å². The van der Waals surface area contributed by atoms with Gasteiger partial charge in [0.15, 0.2) is 5.79 Å². The van der Waals surface area contributed by atoms with E-state index in [1.807, 2.05) is 0 Å². The molecule has 1 atom stereocenters. The van der Waals surface area contributed by atoms with Crippen LogP contribution in [0.5, 0.6) is 0 Å². The van der Waals surface area contributed by atoms with E-state index >= 15 is 0 Å². The molecule has 0 bridgehead atoms. The van der Waals surface area contributed by atoms with Crippen molar-refractivity contribution >= 4 is 5.91 Å². The van der Waals surface area contributed by atoms with E-state index in [9.17, 15) is 4.79 Å². The molecular formula is C22H32N2O3. The lowest BCUT2D eigenvalue weighted by Crippen LogP contribution is -2.51. The number of benzene rings is 1. The molecule has 0 aromatic heterocycles. The van der Waals surface area contributed by atoms with Crippen LogP contribution in [0.4, 0.5) is 0 Å². The number of aryl methyl sites for hydroxylation is 1. The third-order valence-electron chi connectivity index (χ3n) is 6.33. The van der Waals surface area contributed by atoms with Gasteiger partial charge in [-0.15, -0.1) is 0 Å². The normalized spacial score (nSPS) is 24.8. The van der Waals surface area contributed by atoms with Crippen molar-refractivity contribution in [3.63, 3.8) is 0 Å². The number of hydrogen-bond acceptors (Lipinski definition) is 4. The first-order valence-corrected chi connectivity index (χ1v) is 10.5. The molecule has 1 amide bonds. The predicted octanol–water partition coefficient (Wildman–Crippen LogP) is 3.32. The molecule has 0 unspecified atom stereocenters.